The highest BCUT2D eigenvalue weighted by Gasteiger charge is 2.24. The first-order chi connectivity index (χ1) is 5.90. The number of hydrogen-bond acceptors (Lipinski definition) is 3. The highest BCUT2D eigenvalue weighted by atomic mass is 16.1. The number of nitrogens with two attached hydrogens (primary N) is 2. The highest BCUT2D eigenvalue weighted by Crippen LogP contribution is 2.08. The predicted molar refractivity (Wildman–Crippen MR) is 54.2 cm³/mol. The van der Waals surface area contributed by atoms with Crippen molar-refractivity contribution >= 4 is 5.91 Å². The van der Waals surface area contributed by atoms with Crippen LogP contribution in [-0.2, 0) is 4.79 Å². The van der Waals surface area contributed by atoms with E-state index < -0.39 is 11.4 Å². The van der Waals surface area contributed by atoms with Gasteiger partial charge < -0.3 is 16.4 Å². The van der Waals surface area contributed by atoms with Gasteiger partial charge in [0.2, 0.25) is 5.91 Å². The lowest BCUT2D eigenvalue weighted by atomic mass is 9.96. The molecule has 4 N–H and O–H groups in total. The van der Waals surface area contributed by atoms with Crippen LogP contribution in [0.25, 0.3) is 0 Å². The van der Waals surface area contributed by atoms with E-state index in [4.69, 9.17) is 11.5 Å². The molecule has 4 nitrogen and oxygen atoms in total. The van der Waals surface area contributed by atoms with Gasteiger partial charge in [-0.25, -0.2) is 0 Å². The van der Waals surface area contributed by atoms with Gasteiger partial charge >= 0.3 is 0 Å². The minimum absolute atomic E-state index is 0.424. The van der Waals surface area contributed by atoms with Gasteiger partial charge in [-0.1, -0.05) is 6.92 Å². The summed E-state index contributed by atoms with van der Waals surface area (Å²) in [5.74, 6) is -0.424. The molecule has 4 heteroatoms. The molecule has 0 heterocycles. The number of nitrogens with zero attached hydrogens (tertiary/aromatic N) is 1. The van der Waals surface area contributed by atoms with E-state index in [-0.39, 0.29) is 0 Å². The number of carbonyl (C=O) groups excluding carboxylic acids is 1. The van der Waals surface area contributed by atoms with Crippen molar-refractivity contribution in [2.45, 2.75) is 32.2 Å². The van der Waals surface area contributed by atoms with Crippen LogP contribution < -0.4 is 11.5 Å². The standard InChI is InChI=1S/C9H21N3O/c1-4-12(3)7-5-6-9(2,11)8(10)13/h4-7,11H2,1-3H3,(H2,10,13). The monoisotopic (exact) mass is 187 g/mol. The molecule has 13 heavy (non-hydrogen) atoms. The van der Waals surface area contributed by atoms with Crippen molar-refractivity contribution in [2.24, 2.45) is 11.5 Å². The average molecular weight is 187 g/mol. The Morgan fingerprint density at radius 3 is 2.46 bits per heavy atom. The van der Waals surface area contributed by atoms with Crippen LogP contribution in [0.3, 0.4) is 0 Å². The first-order valence-electron chi connectivity index (χ1n) is 4.67. The lowest BCUT2D eigenvalue weighted by Crippen LogP contribution is -2.49. The smallest absolute Gasteiger partial charge is 0.237 e. The second kappa shape index (κ2) is 5.19. The van der Waals surface area contributed by atoms with E-state index in [1.807, 2.05) is 7.05 Å². The van der Waals surface area contributed by atoms with E-state index in [1.165, 1.54) is 0 Å². The third-order valence-corrected chi connectivity index (χ3v) is 2.34. The number of hydrogen-bond donors (Lipinski definition) is 2. The summed E-state index contributed by atoms with van der Waals surface area (Å²) in [7, 11) is 2.04. The molecule has 78 valence electrons. The molecule has 1 unspecified atom stereocenters. The number of amides is 1. The second-order valence-electron chi connectivity index (χ2n) is 3.78. The Bertz CT molecular complexity index is 168. The van der Waals surface area contributed by atoms with Crippen molar-refractivity contribution in [1.82, 2.24) is 4.90 Å². The SMILES string of the molecule is CCN(C)CCCC(C)(N)C(N)=O. The molecule has 0 aliphatic rings. The van der Waals surface area contributed by atoms with Crippen molar-refractivity contribution < 1.29 is 4.79 Å². The molecule has 0 aliphatic carbocycles. The number of carbonyl (C=O) groups is 1. The van der Waals surface area contributed by atoms with Crippen LogP contribution in [0.4, 0.5) is 0 Å². The molecule has 0 aliphatic heterocycles. The lowest BCUT2D eigenvalue weighted by Gasteiger charge is -2.21. The molecule has 0 fully saturated rings. The maximum Gasteiger partial charge on any atom is 0.237 e. The van der Waals surface area contributed by atoms with Gasteiger partial charge in [-0.05, 0) is 39.9 Å². The van der Waals surface area contributed by atoms with Crippen molar-refractivity contribution in [1.29, 1.82) is 0 Å². The Morgan fingerprint density at radius 2 is 2.08 bits per heavy atom. The largest absolute Gasteiger partial charge is 0.368 e. The Labute approximate surface area is 80.3 Å². The van der Waals surface area contributed by atoms with Crippen molar-refractivity contribution in [3.05, 3.63) is 0 Å². The van der Waals surface area contributed by atoms with Gasteiger partial charge in [-0.3, -0.25) is 4.79 Å². The third kappa shape index (κ3) is 4.85. The van der Waals surface area contributed by atoms with E-state index in [0.717, 1.165) is 19.5 Å². The summed E-state index contributed by atoms with van der Waals surface area (Å²) < 4.78 is 0. The van der Waals surface area contributed by atoms with E-state index in [9.17, 15) is 4.79 Å². The zero-order valence-electron chi connectivity index (χ0n) is 8.84. The Morgan fingerprint density at radius 1 is 1.54 bits per heavy atom. The third-order valence-electron chi connectivity index (χ3n) is 2.34. The van der Waals surface area contributed by atoms with Crippen molar-refractivity contribution in [3.63, 3.8) is 0 Å². The normalized spacial score (nSPS) is 15.8. The van der Waals surface area contributed by atoms with E-state index >= 15 is 0 Å². The van der Waals surface area contributed by atoms with Crippen LogP contribution in [0.15, 0.2) is 0 Å². The van der Waals surface area contributed by atoms with Crippen LogP contribution >= 0.6 is 0 Å². The summed E-state index contributed by atoms with van der Waals surface area (Å²) in [5.41, 5.74) is 9.98. The molecule has 0 radical (unpaired) electrons. The first-order valence-corrected chi connectivity index (χ1v) is 4.67. The van der Waals surface area contributed by atoms with Crippen molar-refractivity contribution in [2.75, 3.05) is 20.1 Å². The molecule has 0 bridgehead atoms. The summed E-state index contributed by atoms with van der Waals surface area (Å²) in [6, 6.07) is 0. The fraction of sp³-hybridized carbons (Fsp3) is 0.889. The zero-order chi connectivity index (χ0) is 10.5. The summed E-state index contributed by atoms with van der Waals surface area (Å²) in [4.78, 5) is 13.0. The highest BCUT2D eigenvalue weighted by molar-refractivity contribution is 5.83. The van der Waals surface area contributed by atoms with Gasteiger partial charge in [-0.15, -0.1) is 0 Å². The minimum Gasteiger partial charge on any atom is -0.368 e. The number of primary amides is 1. The minimum atomic E-state index is -0.853. The van der Waals surface area contributed by atoms with Crippen LogP contribution in [0.5, 0.6) is 0 Å². The molecular weight excluding hydrogens is 166 g/mol. The quantitative estimate of drug-likeness (QED) is 0.611. The molecule has 1 amide bonds. The molecule has 1 atom stereocenters. The second-order valence-corrected chi connectivity index (χ2v) is 3.78. The fourth-order valence-electron chi connectivity index (χ4n) is 0.998. The maximum absolute atomic E-state index is 10.8. The van der Waals surface area contributed by atoms with Crippen LogP contribution in [0.1, 0.15) is 26.7 Å². The first kappa shape index (κ1) is 12.4. The van der Waals surface area contributed by atoms with Crippen LogP contribution in [-0.4, -0.2) is 36.5 Å². The molecule has 0 aromatic heterocycles. The Balaban J connectivity index is 3.70. The van der Waals surface area contributed by atoms with Gasteiger partial charge in [0.1, 0.15) is 0 Å². The predicted octanol–water partition coefficient (Wildman–Crippen LogP) is -0.0790. The fourth-order valence-corrected chi connectivity index (χ4v) is 0.998. The van der Waals surface area contributed by atoms with Crippen LogP contribution in [0.2, 0.25) is 0 Å². The summed E-state index contributed by atoms with van der Waals surface area (Å²) in [6.07, 6.45) is 1.55. The van der Waals surface area contributed by atoms with E-state index in [0.29, 0.717) is 6.42 Å². The van der Waals surface area contributed by atoms with Gasteiger partial charge in [0.05, 0.1) is 5.54 Å². The van der Waals surface area contributed by atoms with E-state index in [2.05, 4.69) is 11.8 Å². The summed E-state index contributed by atoms with van der Waals surface area (Å²) >= 11 is 0. The van der Waals surface area contributed by atoms with E-state index in [1.54, 1.807) is 6.92 Å². The topological polar surface area (TPSA) is 72.3 Å². The van der Waals surface area contributed by atoms with Gasteiger partial charge in [0.15, 0.2) is 0 Å². The summed E-state index contributed by atoms with van der Waals surface area (Å²) in [6.45, 7) is 5.74. The van der Waals surface area contributed by atoms with Crippen molar-refractivity contribution in [3.8, 4) is 0 Å². The molecule has 0 aromatic carbocycles. The maximum atomic E-state index is 10.8. The lowest BCUT2D eigenvalue weighted by molar-refractivity contribution is -0.122. The molecular formula is C9H21N3O. The molecule has 0 saturated carbocycles. The molecule has 0 spiro atoms. The van der Waals surface area contributed by atoms with Gasteiger partial charge in [0.25, 0.3) is 0 Å². The van der Waals surface area contributed by atoms with Gasteiger partial charge in [-0.2, -0.15) is 0 Å². The molecule has 0 rings (SSSR count). The molecule has 0 aromatic rings. The Hall–Kier alpha value is -0.610. The zero-order valence-corrected chi connectivity index (χ0v) is 8.84. The summed E-state index contributed by atoms with van der Waals surface area (Å²) in [5, 5.41) is 0. The number of rotatable bonds is 6. The average Bonchev–Trinajstić information content (AvgIpc) is 2.03. The Kier molecular flexibility index (Phi) is 4.95. The molecule has 0 saturated heterocycles. The van der Waals surface area contributed by atoms with Crippen LogP contribution in [0, 0.1) is 0 Å². The van der Waals surface area contributed by atoms with Gasteiger partial charge in [0, 0.05) is 0 Å².